The minimum Gasteiger partial charge on any atom is -0.456 e. The molecule has 174 valence electrons. The Morgan fingerprint density at radius 1 is 1.03 bits per heavy atom. The summed E-state index contributed by atoms with van der Waals surface area (Å²) in [7, 11) is 0. The molecular formula is C29H41NO2. The van der Waals surface area contributed by atoms with Crippen LogP contribution < -0.4 is 5.32 Å². The molecule has 1 aromatic heterocycles. The third-order valence-corrected chi connectivity index (χ3v) is 8.40. The van der Waals surface area contributed by atoms with Crippen LogP contribution in [-0.4, -0.2) is 12.5 Å². The van der Waals surface area contributed by atoms with Gasteiger partial charge in [-0.3, -0.25) is 4.79 Å². The quantitative estimate of drug-likeness (QED) is 0.500. The standard InChI is InChI=1S/C29H41NO2/c1-19-7-9-21(10-8-19)18-30-27(31)26-12-11-23(32-26)16-22-17-25-24(15-20(22)2)28(3,4)13-14-29(25,5)6/h7,9,11-12,15,17,19,21,24-25H,8,10,13-14,16,18H2,1-6H3,(H,30,31). The fourth-order valence-corrected chi connectivity index (χ4v) is 5.81. The summed E-state index contributed by atoms with van der Waals surface area (Å²) in [6.07, 6.45) is 15.1. The van der Waals surface area contributed by atoms with E-state index in [4.69, 9.17) is 4.42 Å². The second kappa shape index (κ2) is 8.72. The molecule has 32 heavy (non-hydrogen) atoms. The molecule has 4 rings (SSSR count). The molecule has 1 amide bonds. The molecular weight excluding hydrogens is 394 g/mol. The van der Waals surface area contributed by atoms with Crippen molar-refractivity contribution in [3.8, 4) is 0 Å². The van der Waals surface area contributed by atoms with Gasteiger partial charge in [-0.05, 0) is 84.8 Å². The Morgan fingerprint density at radius 3 is 2.38 bits per heavy atom. The first-order valence-corrected chi connectivity index (χ1v) is 12.5. The fraction of sp³-hybridized carbons (Fsp3) is 0.621. The predicted molar refractivity (Wildman–Crippen MR) is 131 cm³/mol. The number of amides is 1. The first-order valence-electron chi connectivity index (χ1n) is 12.5. The van der Waals surface area contributed by atoms with Crippen molar-refractivity contribution in [3.63, 3.8) is 0 Å². The Bertz CT molecular complexity index is 942. The third-order valence-electron chi connectivity index (χ3n) is 8.40. The summed E-state index contributed by atoms with van der Waals surface area (Å²) >= 11 is 0. The second-order valence-corrected chi connectivity index (χ2v) is 11.9. The van der Waals surface area contributed by atoms with Gasteiger partial charge in [-0.15, -0.1) is 0 Å². The summed E-state index contributed by atoms with van der Waals surface area (Å²) in [5.74, 6) is 3.40. The molecule has 0 bridgehead atoms. The van der Waals surface area contributed by atoms with Gasteiger partial charge in [-0.2, -0.15) is 0 Å². The number of hydrogen-bond donors (Lipinski definition) is 1. The average molecular weight is 436 g/mol. The van der Waals surface area contributed by atoms with Crippen molar-refractivity contribution >= 4 is 5.91 Å². The zero-order valence-corrected chi connectivity index (χ0v) is 20.8. The number of fused-ring (bicyclic) bond motifs is 1. The predicted octanol–water partition coefficient (Wildman–Crippen LogP) is 7.12. The number of allylic oxidation sites excluding steroid dienone is 5. The topological polar surface area (TPSA) is 42.2 Å². The highest BCUT2D eigenvalue weighted by atomic mass is 16.3. The van der Waals surface area contributed by atoms with Gasteiger partial charge >= 0.3 is 0 Å². The van der Waals surface area contributed by atoms with Crippen molar-refractivity contribution in [1.29, 1.82) is 0 Å². The van der Waals surface area contributed by atoms with E-state index in [1.807, 2.05) is 12.1 Å². The minimum absolute atomic E-state index is 0.108. The average Bonchev–Trinajstić information content (AvgIpc) is 3.21. The maximum absolute atomic E-state index is 12.6. The van der Waals surface area contributed by atoms with Crippen LogP contribution in [-0.2, 0) is 6.42 Å². The highest BCUT2D eigenvalue weighted by molar-refractivity contribution is 5.91. The molecule has 1 heterocycles. The Hall–Kier alpha value is -2.03. The lowest BCUT2D eigenvalue weighted by molar-refractivity contribution is 0.0320. The van der Waals surface area contributed by atoms with Gasteiger partial charge in [0.1, 0.15) is 5.76 Å². The van der Waals surface area contributed by atoms with Gasteiger partial charge < -0.3 is 9.73 Å². The van der Waals surface area contributed by atoms with Gasteiger partial charge in [-0.1, -0.05) is 64.5 Å². The molecule has 3 aliphatic rings. The van der Waals surface area contributed by atoms with E-state index in [0.717, 1.165) is 18.6 Å². The molecule has 0 spiro atoms. The molecule has 4 atom stereocenters. The number of nitrogens with one attached hydrogen (secondary N) is 1. The first kappa shape index (κ1) is 23.1. The minimum atomic E-state index is -0.108. The van der Waals surface area contributed by atoms with Crippen LogP contribution in [0.2, 0.25) is 0 Å². The van der Waals surface area contributed by atoms with Crippen LogP contribution in [0, 0.1) is 34.5 Å². The normalized spacial score (nSPS) is 30.8. The van der Waals surface area contributed by atoms with Gasteiger partial charge in [0, 0.05) is 13.0 Å². The van der Waals surface area contributed by atoms with E-state index in [-0.39, 0.29) is 5.91 Å². The van der Waals surface area contributed by atoms with Crippen molar-refractivity contribution in [2.45, 2.75) is 73.6 Å². The SMILES string of the molecule is CC1=CC2C(C=C1Cc1ccc(C(=O)NCC3C=CC(C)CC3)o1)C(C)(C)CCC2(C)C. The van der Waals surface area contributed by atoms with Crippen molar-refractivity contribution < 1.29 is 9.21 Å². The van der Waals surface area contributed by atoms with E-state index in [0.29, 0.717) is 46.8 Å². The summed E-state index contributed by atoms with van der Waals surface area (Å²) < 4.78 is 5.98. The van der Waals surface area contributed by atoms with Gasteiger partial charge in [-0.25, -0.2) is 0 Å². The molecule has 4 unspecified atom stereocenters. The molecule has 3 aliphatic carbocycles. The monoisotopic (exact) mass is 435 g/mol. The van der Waals surface area contributed by atoms with Gasteiger partial charge in [0.2, 0.25) is 0 Å². The van der Waals surface area contributed by atoms with E-state index in [1.54, 1.807) is 0 Å². The van der Waals surface area contributed by atoms with E-state index in [9.17, 15) is 4.79 Å². The fourth-order valence-electron chi connectivity index (χ4n) is 5.81. The van der Waals surface area contributed by atoms with Crippen molar-refractivity contribution in [3.05, 3.63) is 59.1 Å². The van der Waals surface area contributed by atoms with Crippen LogP contribution in [0.5, 0.6) is 0 Å². The number of rotatable bonds is 5. The summed E-state index contributed by atoms with van der Waals surface area (Å²) in [5, 5.41) is 3.06. The van der Waals surface area contributed by atoms with Crippen LogP contribution in [0.4, 0.5) is 0 Å². The maximum Gasteiger partial charge on any atom is 0.287 e. The number of hydrogen-bond acceptors (Lipinski definition) is 2. The zero-order valence-electron chi connectivity index (χ0n) is 20.8. The lowest BCUT2D eigenvalue weighted by Crippen LogP contribution is -2.44. The molecule has 3 heteroatoms. The third kappa shape index (κ3) is 4.82. The lowest BCUT2D eigenvalue weighted by Gasteiger charge is -2.52. The van der Waals surface area contributed by atoms with Crippen LogP contribution in [0.25, 0.3) is 0 Å². The number of furan rings is 1. The van der Waals surface area contributed by atoms with E-state index < -0.39 is 0 Å². The van der Waals surface area contributed by atoms with Gasteiger partial charge in [0.05, 0.1) is 0 Å². The molecule has 1 fully saturated rings. The molecule has 1 saturated carbocycles. The zero-order chi connectivity index (χ0) is 23.1. The van der Waals surface area contributed by atoms with Crippen molar-refractivity contribution in [2.75, 3.05) is 6.54 Å². The summed E-state index contributed by atoms with van der Waals surface area (Å²) in [4.78, 5) is 12.6. The van der Waals surface area contributed by atoms with Crippen LogP contribution in [0.3, 0.4) is 0 Å². The molecule has 0 radical (unpaired) electrons. The van der Waals surface area contributed by atoms with Crippen molar-refractivity contribution in [2.24, 2.45) is 34.5 Å². The smallest absolute Gasteiger partial charge is 0.287 e. The highest BCUT2D eigenvalue weighted by Crippen LogP contribution is 2.55. The Labute approximate surface area is 194 Å². The highest BCUT2D eigenvalue weighted by Gasteiger charge is 2.47. The summed E-state index contributed by atoms with van der Waals surface area (Å²) in [5.41, 5.74) is 3.35. The van der Waals surface area contributed by atoms with E-state index in [2.05, 4.69) is 71.2 Å². The van der Waals surface area contributed by atoms with Gasteiger partial charge in [0.15, 0.2) is 5.76 Å². The summed E-state index contributed by atoms with van der Waals surface area (Å²) in [6.45, 7) is 14.8. The molecule has 0 aliphatic heterocycles. The maximum atomic E-state index is 12.6. The molecule has 0 aromatic carbocycles. The van der Waals surface area contributed by atoms with Crippen LogP contribution in [0.15, 0.2) is 52.0 Å². The summed E-state index contributed by atoms with van der Waals surface area (Å²) in [6, 6.07) is 3.79. The molecule has 0 saturated heterocycles. The molecule has 1 aromatic rings. The number of carbonyl (C=O) groups is 1. The van der Waals surface area contributed by atoms with E-state index in [1.165, 1.54) is 30.4 Å². The second-order valence-electron chi connectivity index (χ2n) is 11.9. The molecule has 1 N–H and O–H groups in total. The molecule has 3 nitrogen and oxygen atoms in total. The first-order chi connectivity index (χ1) is 15.0. The largest absolute Gasteiger partial charge is 0.456 e. The Kier molecular flexibility index (Phi) is 6.31. The van der Waals surface area contributed by atoms with Gasteiger partial charge in [0.25, 0.3) is 5.91 Å². The lowest BCUT2D eigenvalue weighted by atomic mass is 9.52. The van der Waals surface area contributed by atoms with Crippen LogP contribution >= 0.6 is 0 Å². The number of carbonyl (C=O) groups excluding carboxylic acids is 1. The Morgan fingerprint density at radius 2 is 1.72 bits per heavy atom. The van der Waals surface area contributed by atoms with Crippen molar-refractivity contribution in [1.82, 2.24) is 5.32 Å². The Balaban J connectivity index is 1.41. The van der Waals surface area contributed by atoms with E-state index >= 15 is 0 Å². The van der Waals surface area contributed by atoms with Crippen LogP contribution in [0.1, 0.15) is 83.5 Å².